The molecule has 0 aliphatic rings. The van der Waals surface area contributed by atoms with Gasteiger partial charge >= 0.3 is 0 Å². The molecule has 1 amide bonds. The highest BCUT2D eigenvalue weighted by Crippen LogP contribution is 2.08. The first-order valence-corrected chi connectivity index (χ1v) is 7.16. The lowest BCUT2D eigenvalue weighted by Gasteiger charge is -2.27. The highest BCUT2D eigenvalue weighted by atomic mass is 16.2. The van der Waals surface area contributed by atoms with Crippen LogP contribution in [0.1, 0.15) is 32.8 Å². The van der Waals surface area contributed by atoms with Crippen molar-refractivity contribution in [2.45, 2.75) is 39.7 Å². The van der Waals surface area contributed by atoms with E-state index in [2.05, 4.69) is 13.8 Å². The maximum atomic E-state index is 12.3. The van der Waals surface area contributed by atoms with Gasteiger partial charge in [-0.15, -0.1) is 0 Å². The number of carbonyl (C=O) groups is 1. The predicted molar refractivity (Wildman–Crippen MR) is 79.8 cm³/mol. The molecule has 2 N–H and O–H groups in total. The van der Waals surface area contributed by atoms with Crippen molar-refractivity contribution in [3.8, 4) is 0 Å². The Hall–Kier alpha value is -1.35. The summed E-state index contributed by atoms with van der Waals surface area (Å²) in [5, 5.41) is 0. The Morgan fingerprint density at radius 2 is 1.89 bits per heavy atom. The summed E-state index contributed by atoms with van der Waals surface area (Å²) in [6.07, 6.45) is 1.69. The number of carbonyl (C=O) groups excluding carboxylic acids is 1. The van der Waals surface area contributed by atoms with E-state index in [4.69, 9.17) is 5.73 Å². The van der Waals surface area contributed by atoms with Gasteiger partial charge in [0.25, 0.3) is 0 Å². The average molecular weight is 262 g/mol. The van der Waals surface area contributed by atoms with E-state index in [1.165, 1.54) is 0 Å². The van der Waals surface area contributed by atoms with E-state index in [0.717, 1.165) is 25.1 Å². The molecule has 0 heterocycles. The maximum absolute atomic E-state index is 12.3. The van der Waals surface area contributed by atoms with Crippen LogP contribution in [0.25, 0.3) is 0 Å². The molecule has 3 nitrogen and oxygen atoms in total. The maximum Gasteiger partial charge on any atom is 0.239 e. The molecule has 0 aliphatic carbocycles. The Bertz CT molecular complexity index is 378. The van der Waals surface area contributed by atoms with Gasteiger partial charge < -0.3 is 10.6 Å². The van der Waals surface area contributed by atoms with Gasteiger partial charge in [0.15, 0.2) is 0 Å². The highest BCUT2D eigenvalue weighted by Gasteiger charge is 2.21. The summed E-state index contributed by atoms with van der Waals surface area (Å²) in [6.45, 7) is 7.85. The number of hydrogen-bond acceptors (Lipinski definition) is 2. The normalized spacial score (nSPS) is 13.9. The summed E-state index contributed by atoms with van der Waals surface area (Å²) in [6, 6.07) is 9.51. The summed E-state index contributed by atoms with van der Waals surface area (Å²) in [5.41, 5.74) is 7.17. The predicted octanol–water partition coefficient (Wildman–Crippen LogP) is 2.45. The van der Waals surface area contributed by atoms with Crippen molar-refractivity contribution in [2.75, 3.05) is 13.1 Å². The average Bonchev–Trinajstić information content (AvgIpc) is 2.44. The molecular formula is C16H26N2O. The molecule has 0 fully saturated rings. The van der Waals surface area contributed by atoms with Crippen LogP contribution in [0.15, 0.2) is 30.3 Å². The van der Waals surface area contributed by atoms with Crippen molar-refractivity contribution in [3.05, 3.63) is 35.9 Å². The molecule has 19 heavy (non-hydrogen) atoms. The minimum atomic E-state index is -0.439. The van der Waals surface area contributed by atoms with Crippen LogP contribution < -0.4 is 5.73 Å². The van der Waals surface area contributed by atoms with Gasteiger partial charge in [0.1, 0.15) is 0 Å². The zero-order valence-corrected chi connectivity index (χ0v) is 12.3. The summed E-state index contributed by atoms with van der Waals surface area (Å²) in [5.74, 6) is 0.583. The zero-order chi connectivity index (χ0) is 14.3. The monoisotopic (exact) mass is 262 g/mol. The second-order valence-corrected chi connectivity index (χ2v) is 5.19. The Balaban J connectivity index is 2.59. The van der Waals surface area contributed by atoms with Crippen molar-refractivity contribution in [1.29, 1.82) is 0 Å². The van der Waals surface area contributed by atoms with Gasteiger partial charge in [-0.25, -0.2) is 0 Å². The highest BCUT2D eigenvalue weighted by molar-refractivity contribution is 5.82. The second-order valence-electron chi connectivity index (χ2n) is 5.19. The number of benzene rings is 1. The van der Waals surface area contributed by atoms with Crippen LogP contribution in [0, 0.1) is 5.92 Å². The van der Waals surface area contributed by atoms with Crippen LogP contribution in [-0.4, -0.2) is 29.9 Å². The van der Waals surface area contributed by atoms with Crippen molar-refractivity contribution < 1.29 is 4.79 Å². The van der Waals surface area contributed by atoms with Crippen LogP contribution >= 0.6 is 0 Å². The van der Waals surface area contributed by atoms with Gasteiger partial charge in [0, 0.05) is 13.1 Å². The molecule has 0 spiro atoms. The van der Waals surface area contributed by atoms with E-state index < -0.39 is 6.04 Å². The molecular weight excluding hydrogens is 236 g/mol. The SMILES string of the molecule is CCC(C)CN(CC)C(=O)C(N)Cc1ccccc1. The zero-order valence-electron chi connectivity index (χ0n) is 12.3. The fourth-order valence-electron chi connectivity index (χ4n) is 2.07. The molecule has 1 aromatic carbocycles. The molecule has 0 bridgehead atoms. The fraction of sp³-hybridized carbons (Fsp3) is 0.562. The molecule has 0 aromatic heterocycles. The number of likely N-dealkylation sites (N-methyl/N-ethyl adjacent to an activating group) is 1. The smallest absolute Gasteiger partial charge is 0.239 e. The summed E-state index contributed by atoms with van der Waals surface area (Å²) < 4.78 is 0. The van der Waals surface area contributed by atoms with Crippen LogP contribution in [-0.2, 0) is 11.2 Å². The lowest BCUT2D eigenvalue weighted by Crippen LogP contribution is -2.46. The first-order valence-electron chi connectivity index (χ1n) is 7.16. The first kappa shape index (κ1) is 15.7. The Morgan fingerprint density at radius 3 is 2.42 bits per heavy atom. The van der Waals surface area contributed by atoms with Crippen molar-refractivity contribution in [2.24, 2.45) is 11.7 Å². The van der Waals surface area contributed by atoms with E-state index in [0.29, 0.717) is 12.3 Å². The van der Waals surface area contributed by atoms with Gasteiger partial charge in [-0.05, 0) is 24.8 Å². The molecule has 2 atom stereocenters. The number of rotatable bonds is 7. The minimum Gasteiger partial charge on any atom is -0.341 e. The quantitative estimate of drug-likeness (QED) is 0.820. The van der Waals surface area contributed by atoms with Crippen LogP contribution in [0.4, 0.5) is 0 Å². The number of hydrogen-bond donors (Lipinski definition) is 1. The van der Waals surface area contributed by atoms with Crippen molar-refractivity contribution in [3.63, 3.8) is 0 Å². The Kier molecular flexibility index (Phi) is 6.57. The largest absolute Gasteiger partial charge is 0.341 e. The summed E-state index contributed by atoms with van der Waals surface area (Å²) in [4.78, 5) is 14.2. The molecule has 3 heteroatoms. The first-order chi connectivity index (χ1) is 9.08. The van der Waals surface area contributed by atoms with E-state index in [9.17, 15) is 4.79 Å². The van der Waals surface area contributed by atoms with Gasteiger partial charge in [-0.3, -0.25) is 4.79 Å². The third-order valence-corrected chi connectivity index (χ3v) is 3.54. The van der Waals surface area contributed by atoms with Gasteiger partial charge in [0.2, 0.25) is 5.91 Å². The fourth-order valence-corrected chi connectivity index (χ4v) is 2.07. The molecule has 106 valence electrons. The van der Waals surface area contributed by atoms with Crippen LogP contribution in [0.5, 0.6) is 0 Å². The topological polar surface area (TPSA) is 46.3 Å². The van der Waals surface area contributed by atoms with Crippen LogP contribution in [0.2, 0.25) is 0 Å². The van der Waals surface area contributed by atoms with E-state index in [1.54, 1.807) is 0 Å². The molecule has 2 unspecified atom stereocenters. The van der Waals surface area contributed by atoms with Crippen molar-refractivity contribution in [1.82, 2.24) is 4.90 Å². The molecule has 0 saturated heterocycles. The summed E-state index contributed by atoms with van der Waals surface area (Å²) in [7, 11) is 0. The van der Waals surface area contributed by atoms with Gasteiger partial charge in [-0.1, -0.05) is 50.6 Å². The third-order valence-electron chi connectivity index (χ3n) is 3.54. The van der Waals surface area contributed by atoms with Crippen LogP contribution in [0.3, 0.4) is 0 Å². The van der Waals surface area contributed by atoms with E-state index in [-0.39, 0.29) is 5.91 Å². The second kappa shape index (κ2) is 7.95. The minimum absolute atomic E-state index is 0.0617. The van der Waals surface area contributed by atoms with E-state index >= 15 is 0 Å². The lowest BCUT2D eigenvalue weighted by atomic mass is 10.0. The third kappa shape index (κ3) is 5.03. The standard InChI is InChI=1S/C16H26N2O/c1-4-13(3)12-18(5-2)16(19)15(17)11-14-9-7-6-8-10-14/h6-10,13,15H,4-5,11-12,17H2,1-3H3. The molecule has 0 saturated carbocycles. The molecule has 0 aliphatic heterocycles. The molecule has 0 radical (unpaired) electrons. The number of nitrogens with two attached hydrogens (primary N) is 1. The van der Waals surface area contributed by atoms with E-state index in [1.807, 2.05) is 42.2 Å². The molecule has 1 aromatic rings. The Labute approximate surface area is 116 Å². The van der Waals surface area contributed by atoms with Gasteiger partial charge in [-0.2, -0.15) is 0 Å². The van der Waals surface area contributed by atoms with Gasteiger partial charge in [0.05, 0.1) is 6.04 Å². The van der Waals surface area contributed by atoms with Crippen molar-refractivity contribution >= 4 is 5.91 Å². The summed E-state index contributed by atoms with van der Waals surface area (Å²) >= 11 is 0. The molecule has 1 rings (SSSR count). The Morgan fingerprint density at radius 1 is 1.26 bits per heavy atom. The lowest BCUT2D eigenvalue weighted by molar-refractivity contribution is -0.133. The number of nitrogens with zero attached hydrogens (tertiary/aromatic N) is 1. The number of amides is 1.